The fourth-order valence-electron chi connectivity index (χ4n) is 8.37. The predicted molar refractivity (Wildman–Crippen MR) is 101 cm³/mol. The highest BCUT2D eigenvalue weighted by Crippen LogP contribution is 2.68. The van der Waals surface area contributed by atoms with Crippen LogP contribution in [0.5, 0.6) is 0 Å². The Labute approximate surface area is 153 Å². The summed E-state index contributed by atoms with van der Waals surface area (Å²) in [5.74, 6) is 4.04. The number of allylic oxidation sites excluding steroid dienone is 1. The Morgan fingerprint density at radius 2 is 1.84 bits per heavy atom. The molecule has 0 saturated heterocycles. The Kier molecular flexibility index (Phi) is 4.04. The minimum atomic E-state index is -0.232. The molecular weight excluding hydrogens is 308 g/mol. The third-order valence-electron chi connectivity index (χ3n) is 9.18. The molecule has 4 rings (SSSR count). The lowest BCUT2D eigenvalue weighted by Crippen LogP contribution is -2.53. The molecule has 0 bridgehead atoms. The zero-order valence-corrected chi connectivity index (χ0v) is 16.7. The number of hydrogen-bond donors (Lipinski definition) is 1. The van der Waals surface area contributed by atoms with E-state index in [0.29, 0.717) is 23.5 Å². The number of carbonyl (C=O) groups is 1. The van der Waals surface area contributed by atoms with E-state index in [1.54, 1.807) is 5.57 Å². The molecule has 4 aliphatic rings. The summed E-state index contributed by atoms with van der Waals surface area (Å²) in [7, 11) is 0. The Morgan fingerprint density at radius 3 is 2.52 bits per heavy atom. The largest absolute Gasteiger partial charge is 0.389 e. The van der Waals surface area contributed by atoms with E-state index in [9.17, 15) is 9.90 Å². The summed E-state index contributed by atoms with van der Waals surface area (Å²) in [4.78, 5) is 12.4. The van der Waals surface area contributed by atoms with Crippen molar-refractivity contribution in [3.05, 3.63) is 11.6 Å². The zero-order chi connectivity index (χ0) is 18.1. The van der Waals surface area contributed by atoms with Gasteiger partial charge in [-0.05, 0) is 85.9 Å². The Morgan fingerprint density at radius 1 is 1.12 bits per heavy atom. The van der Waals surface area contributed by atoms with E-state index < -0.39 is 0 Å². The van der Waals surface area contributed by atoms with Crippen molar-refractivity contribution in [2.75, 3.05) is 0 Å². The third-order valence-corrected chi connectivity index (χ3v) is 9.18. The first-order valence-corrected chi connectivity index (χ1v) is 10.6. The summed E-state index contributed by atoms with van der Waals surface area (Å²) in [6.45, 7) is 11.5. The molecule has 0 aromatic carbocycles. The van der Waals surface area contributed by atoms with Crippen LogP contribution in [-0.4, -0.2) is 17.0 Å². The number of aliphatic hydroxyl groups excluding tert-OH is 1. The lowest BCUT2D eigenvalue weighted by atomic mass is 9.45. The maximum atomic E-state index is 12.4. The second kappa shape index (κ2) is 5.68. The molecule has 25 heavy (non-hydrogen) atoms. The van der Waals surface area contributed by atoms with Gasteiger partial charge in [0.1, 0.15) is 5.78 Å². The molecule has 9 atom stereocenters. The molecule has 0 aromatic rings. The van der Waals surface area contributed by atoms with Crippen molar-refractivity contribution in [1.29, 1.82) is 0 Å². The molecule has 0 amide bonds. The number of Topliss-reactive ketones (excluding diaryl/α,β-unsaturated/α-hetero) is 1. The quantitative estimate of drug-likeness (QED) is 0.679. The van der Waals surface area contributed by atoms with Gasteiger partial charge in [0.15, 0.2) is 0 Å². The van der Waals surface area contributed by atoms with Gasteiger partial charge in [-0.3, -0.25) is 4.79 Å². The van der Waals surface area contributed by atoms with E-state index in [2.05, 4.69) is 33.8 Å². The van der Waals surface area contributed by atoms with Gasteiger partial charge in [-0.15, -0.1) is 0 Å². The molecule has 2 nitrogen and oxygen atoms in total. The van der Waals surface area contributed by atoms with Gasteiger partial charge in [0.2, 0.25) is 0 Å². The average Bonchev–Trinajstić information content (AvgIpc) is 2.80. The number of fused-ring (bicyclic) bond motifs is 5. The molecule has 0 heterocycles. The number of hydrogen-bond acceptors (Lipinski definition) is 2. The maximum Gasteiger partial charge on any atom is 0.133 e. The van der Waals surface area contributed by atoms with Crippen molar-refractivity contribution in [1.82, 2.24) is 0 Å². The van der Waals surface area contributed by atoms with Crippen LogP contribution < -0.4 is 0 Å². The molecule has 140 valence electrons. The van der Waals surface area contributed by atoms with Gasteiger partial charge < -0.3 is 5.11 Å². The fourth-order valence-corrected chi connectivity index (χ4v) is 8.37. The highest BCUT2D eigenvalue weighted by Gasteiger charge is 2.62. The summed E-state index contributed by atoms with van der Waals surface area (Å²) in [6.07, 6.45) is 9.02. The molecular formula is C23H36O2. The molecule has 0 aromatic heterocycles. The first-order valence-electron chi connectivity index (χ1n) is 10.6. The standard InChI is InChI=1S/C23H36O2/c1-13-10-17-18(22(4)8-6-16(25)12-19(13)22)7-9-23(5)20(17)11-14(2)21(23)15(3)24/h12-14,16-18,20-21,25H,6-11H2,1-5H3/t13-,14+,16-,17-,18+,20+,21+,22+,23-/m0/s1. The molecule has 1 N–H and O–H groups in total. The molecule has 0 unspecified atom stereocenters. The Balaban J connectivity index is 1.72. The minimum absolute atomic E-state index is 0.220. The highest BCUT2D eigenvalue weighted by atomic mass is 16.3. The van der Waals surface area contributed by atoms with E-state index in [0.717, 1.165) is 24.7 Å². The third kappa shape index (κ3) is 2.35. The monoisotopic (exact) mass is 344 g/mol. The smallest absolute Gasteiger partial charge is 0.133 e. The second-order valence-corrected chi connectivity index (χ2v) is 10.5. The number of aliphatic hydroxyl groups is 1. The van der Waals surface area contributed by atoms with Crippen molar-refractivity contribution in [2.45, 2.75) is 79.2 Å². The number of carbonyl (C=O) groups excluding carboxylic acids is 1. The van der Waals surface area contributed by atoms with Crippen LogP contribution in [-0.2, 0) is 4.79 Å². The summed E-state index contributed by atoms with van der Waals surface area (Å²) in [6, 6.07) is 0. The minimum Gasteiger partial charge on any atom is -0.389 e. The second-order valence-electron chi connectivity index (χ2n) is 10.5. The lowest BCUT2D eigenvalue weighted by molar-refractivity contribution is -0.129. The van der Waals surface area contributed by atoms with Crippen LogP contribution in [0.15, 0.2) is 11.6 Å². The molecule has 3 fully saturated rings. The molecule has 0 aliphatic heterocycles. The van der Waals surface area contributed by atoms with Crippen LogP contribution in [0.4, 0.5) is 0 Å². The normalized spacial score (nSPS) is 55.0. The van der Waals surface area contributed by atoms with Crippen molar-refractivity contribution in [3.8, 4) is 0 Å². The molecule has 3 saturated carbocycles. The van der Waals surface area contributed by atoms with E-state index >= 15 is 0 Å². The van der Waals surface area contributed by atoms with Crippen LogP contribution in [0.3, 0.4) is 0 Å². The summed E-state index contributed by atoms with van der Waals surface area (Å²) < 4.78 is 0. The zero-order valence-electron chi connectivity index (χ0n) is 16.7. The van der Waals surface area contributed by atoms with Gasteiger partial charge in [0, 0.05) is 5.92 Å². The van der Waals surface area contributed by atoms with Crippen LogP contribution in [0.1, 0.15) is 73.1 Å². The van der Waals surface area contributed by atoms with E-state index in [1.807, 2.05) is 6.92 Å². The number of ketones is 1. The Hall–Kier alpha value is -0.630. The van der Waals surface area contributed by atoms with Gasteiger partial charge in [-0.2, -0.15) is 0 Å². The summed E-state index contributed by atoms with van der Waals surface area (Å²) in [5, 5.41) is 10.2. The summed E-state index contributed by atoms with van der Waals surface area (Å²) in [5.41, 5.74) is 2.04. The van der Waals surface area contributed by atoms with Crippen molar-refractivity contribution >= 4 is 5.78 Å². The summed E-state index contributed by atoms with van der Waals surface area (Å²) >= 11 is 0. The first kappa shape index (κ1) is 17.8. The predicted octanol–water partition coefficient (Wildman–Crippen LogP) is 5.01. The Bertz CT molecular complexity index is 607. The molecule has 0 radical (unpaired) electrons. The van der Waals surface area contributed by atoms with E-state index in [1.165, 1.54) is 25.7 Å². The van der Waals surface area contributed by atoms with Gasteiger partial charge in [0.25, 0.3) is 0 Å². The SMILES string of the molecule is CC(=O)[C@H]1[C@H](C)C[C@@H]2[C@H]3C[C@H](C)C4=C[C@@H](O)CC[C@]4(C)[C@@H]3CC[C@@]21C. The van der Waals surface area contributed by atoms with Crippen molar-refractivity contribution in [3.63, 3.8) is 0 Å². The van der Waals surface area contributed by atoms with Crippen molar-refractivity contribution < 1.29 is 9.90 Å². The van der Waals surface area contributed by atoms with Crippen LogP contribution in [0.25, 0.3) is 0 Å². The van der Waals surface area contributed by atoms with E-state index in [4.69, 9.17) is 0 Å². The molecule has 4 aliphatic carbocycles. The maximum absolute atomic E-state index is 12.4. The van der Waals surface area contributed by atoms with Crippen molar-refractivity contribution in [2.24, 2.45) is 46.3 Å². The van der Waals surface area contributed by atoms with Crippen LogP contribution in [0.2, 0.25) is 0 Å². The van der Waals surface area contributed by atoms with E-state index in [-0.39, 0.29) is 22.9 Å². The fraction of sp³-hybridized carbons (Fsp3) is 0.870. The van der Waals surface area contributed by atoms with Gasteiger partial charge in [-0.1, -0.05) is 39.3 Å². The topological polar surface area (TPSA) is 37.3 Å². The van der Waals surface area contributed by atoms with Gasteiger partial charge >= 0.3 is 0 Å². The highest BCUT2D eigenvalue weighted by molar-refractivity contribution is 5.80. The average molecular weight is 345 g/mol. The lowest BCUT2D eigenvalue weighted by Gasteiger charge is -2.60. The first-order chi connectivity index (χ1) is 11.7. The van der Waals surface area contributed by atoms with Gasteiger partial charge in [-0.25, -0.2) is 0 Å². The molecule has 0 spiro atoms. The van der Waals surface area contributed by atoms with Crippen LogP contribution in [0, 0.1) is 46.3 Å². The number of rotatable bonds is 1. The molecule has 2 heteroatoms. The van der Waals surface area contributed by atoms with Crippen LogP contribution >= 0.6 is 0 Å². The van der Waals surface area contributed by atoms with Gasteiger partial charge in [0.05, 0.1) is 6.10 Å².